The third-order valence-corrected chi connectivity index (χ3v) is 4.45. The fraction of sp³-hybridized carbons (Fsp3) is 0.824. The number of carbonyl (C=O) groups is 1. The van der Waals surface area contributed by atoms with Gasteiger partial charge in [-0.1, -0.05) is 6.08 Å². The summed E-state index contributed by atoms with van der Waals surface area (Å²) in [4.78, 5) is 13.8. The summed E-state index contributed by atoms with van der Waals surface area (Å²) >= 11 is 0. The first-order valence-electron chi connectivity index (χ1n) is 7.94. The van der Waals surface area contributed by atoms with E-state index in [1.54, 1.807) is 4.90 Å². The summed E-state index contributed by atoms with van der Waals surface area (Å²) in [6.07, 6.45) is 2.19. The molecule has 1 amide bonds. The van der Waals surface area contributed by atoms with Crippen LogP contribution in [0.4, 0.5) is 4.79 Å². The van der Waals surface area contributed by atoms with Gasteiger partial charge in [-0.3, -0.25) is 0 Å². The molecule has 2 aliphatic heterocycles. The van der Waals surface area contributed by atoms with Crippen LogP contribution in [0.15, 0.2) is 11.6 Å². The van der Waals surface area contributed by atoms with E-state index in [1.165, 1.54) is 0 Å². The summed E-state index contributed by atoms with van der Waals surface area (Å²) < 4.78 is 17.5. The molecule has 0 aliphatic carbocycles. The van der Waals surface area contributed by atoms with Crippen LogP contribution < -0.4 is 0 Å². The maximum absolute atomic E-state index is 12.1. The number of nitrogens with zero attached hydrogens (tertiary/aromatic N) is 1. The van der Waals surface area contributed by atoms with E-state index >= 15 is 0 Å². The summed E-state index contributed by atoms with van der Waals surface area (Å²) in [6, 6.07) is 0. The highest BCUT2D eigenvalue weighted by Gasteiger charge is 2.50. The molecule has 2 heterocycles. The molecule has 0 unspecified atom stereocenters. The molecule has 1 saturated heterocycles. The topological polar surface area (TPSA) is 48.0 Å². The Bertz CT molecular complexity index is 458. The van der Waals surface area contributed by atoms with E-state index in [0.29, 0.717) is 13.1 Å². The quantitative estimate of drug-likeness (QED) is 0.696. The summed E-state index contributed by atoms with van der Waals surface area (Å²) in [5, 5.41) is 0. The average molecular weight is 311 g/mol. The first-order chi connectivity index (χ1) is 9.91. The van der Waals surface area contributed by atoms with E-state index in [1.807, 2.05) is 54.5 Å². The number of ether oxygens (including phenoxy) is 3. The molecule has 0 atom stereocenters. The lowest BCUT2D eigenvalue weighted by Gasteiger charge is -2.30. The van der Waals surface area contributed by atoms with E-state index in [9.17, 15) is 4.79 Å². The predicted molar refractivity (Wildman–Crippen MR) is 84.6 cm³/mol. The van der Waals surface area contributed by atoms with Crippen molar-refractivity contribution in [3.63, 3.8) is 0 Å². The van der Waals surface area contributed by atoms with Crippen LogP contribution in [0.25, 0.3) is 0 Å². The minimum absolute atomic E-state index is 0.267. The van der Waals surface area contributed by atoms with Crippen LogP contribution in [0.1, 0.15) is 54.9 Å². The standard InChI is InChI=1S/C17H29NO4/c1-15(2,3)22-14(19)18-10-8-12(9-11-18)13-20-16(4,5)17(6,7)21-13/h8,13H,9-11H2,1-7H3. The van der Waals surface area contributed by atoms with E-state index in [4.69, 9.17) is 14.2 Å². The number of hydrogen-bond acceptors (Lipinski definition) is 4. The summed E-state index contributed by atoms with van der Waals surface area (Å²) in [7, 11) is 0. The summed E-state index contributed by atoms with van der Waals surface area (Å²) in [5.41, 5.74) is -0.0209. The van der Waals surface area contributed by atoms with Crippen LogP contribution in [0.2, 0.25) is 0 Å². The number of rotatable bonds is 1. The first kappa shape index (κ1) is 17.3. The molecule has 126 valence electrons. The van der Waals surface area contributed by atoms with Gasteiger partial charge in [-0.25, -0.2) is 4.79 Å². The average Bonchev–Trinajstić information content (AvgIpc) is 2.56. The number of hydrogen-bond donors (Lipinski definition) is 0. The smallest absolute Gasteiger partial charge is 0.410 e. The molecule has 5 nitrogen and oxygen atoms in total. The molecule has 0 bridgehead atoms. The molecule has 0 N–H and O–H groups in total. The molecule has 0 aromatic rings. The zero-order chi connectivity index (χ0) is 16.8. The van der Waals surface area contributed by atoms with Crippen molar-refractivity contribution in [2.75, 3.05) is 13.1 Å². The van der Waals surface area contributed by atoms with Gasteiger partial charge in [-0.15, -0.1) is 0 Å². The minimum Gasteiger partial charge on any atom is -0.444 e. The lowest BCUT2D eigenvalue weighted by atomic mass is 9.90. The Labute approximate surface area is 133 Å². The van der Waals surface area contributed by atoms with Crippen molar-refractivity contribution in [1.82, 2.24) is 4.90 Å². The van der Waals surface area contributed by atoms with Crippen molar-refractivity contribution in [1.29, 1.82) is 0 Å². The van der Waals surface area contributed by atoms with E-state index in [2.05, 4.69) is 0 Å². The van der Waals surface area contributed by atoms with Crippen LogP contribution in [0.5, 0.6) is 0 Å². The van der Waals surface area contributed by atoms with Gasteiger partial charge >= 0.3 is 6.09 Å². The van der Waals surface area contributed by atoms with Gasteiger partial charge in [0.1, 0.15) is 5.60 Å². The highest BCUT2D eigenvalue weighted by molar-refractivity contribution is 5.68. The predicted octanol–water partition coefficient (Wildman–Crippen LogP) is 3.48. The van der Waals surface area contributed by atoms with Crippen LogP contribution in [-0.2, 0) is 14.2 Å². The van der Waals surface area contributed by atoms with Gasteiger partial charge in [-0.05, 0) is 60.5 Å². The van der Waals surface area contributed by atoms with Crippen molar-refractivity contribution in [2.45, 2.75) is 78.0 Å². The molecule has 2 rings (SSSR count). The Morgan fingerprint density at radius 1 is 1.23 bits per heavy atom. The second-order valence-corrected chi connectivity index (χ2v) is 8.04. The normalized spacial score (nSPS) is 25.0. The van der Waals surface area contributed by atoms with Gasteiger partial charge in [0.15, 0.2) is 6.29 Å². The molecule has 5 heteroatoms. The third-order valence-electron chi connectivity index (χ3n) is 4.45. The lowest BCUT2D eigenvalue weighted by molar-refractivity contribution is -0.0628. The number of amides is 1. The SMILES string of the molecule is CC(C)(C)OC(=O)N1CC=C(C2OC(C)(C)C(C)(C)O2)CC1. The Hall–Kier alpha value is -1.07. The van der Waals surface area contributed by atoms with Crippen molar-refractivity contribution in [3.05, 3.63) is 11.6 Å². The largest absolute Gasteiger partial charge is 0.444 e. The Kier molecular flexibility index (Phi) is 4.35. The van der Waals surface area contributed by atoms with Gasteiger partial charge in [0.2, 0.25) is 0 Å². The molecular formula is C17H29NO4. The highest BCUT2D eigenvalue weighted by atomic mass is 16.7. The Morgan fingerprint density at radius 3 is 2.18 bits per heavy atom. The fourth-order valence-corrected chi connectivity index (χ4v) is 2.39. The maximum Gasteiger partial charge on any atom is 0.410 e. The molecular weight excluding hydrogens is 282 g/mol. The number of carbonyl (C=O) groups excluding carboxylic acids is 1. The van der Waals surface area contributed by atoms with Gasteiger partial charge in [0.25, 0.3) is 0 Å². The minimum atomic E-state index is -0.465. The molecule has 0 radical (unpaired) electrons. The van der Waals surface area contributed by atoms with Crippen LogP contribution in [-0.4, -0.2) is 47.2 Å². The summed E-state index contributed by atoms with van der Waals surface area (Å²) in [5.74, 6) is 0. The molecule has 0 spiro atoms. The molecule has 0 aromatic heterocycles. The second kappa shape index (κ2) is 5.53. The summed E-state index contributed by atoms with van der Waals surface area (Å²) in [6.45, 7) is 15.0. The Balaban J connectivity index is 1.97. The lowest BCUT2D eigenvalue weighted by Crippen LogP contribution is -2.41. The second-order valence-electron chi connectivity index (χ2n) is 8.04. The molecule has 0 aromatic carbocycles. The van der Waals surface area contributed by atoms with Crippen molar-refractivity contribution < 1.29 is 19.0 Å². The van der Waals surface area contributed by atoms with Gasteiger partial charge in [0.05, 0.1) is 11.2 Å². The molecule has 1 fully saturated rings. The van der Waals surface area contributed by atoms with E-state index in [-0.39, 0.29) is 23.6 Å². The zero-order valence-electron chi connectivity index (χ0n) is 14.9. The van der Waals surface area contributed by atoms with E-state index < -0.39 is 5.60 Å². The van der Waals surface area contributed by atoms with Gasteiger partial charge in [-0.2, -0.15) is 0 Å². The van der Waals surface area contributed by atoms with Crippen molar-refractivity contribution in [2.24, 2.45) is 0 Å². The van der Waals surface area contributed by atoms with E-state index in [0.717, 1.165) is 12.0 Å². The fourth-order valence-electron chi connectivity index (χ4n) is 2.39. The highest BCUT2D eigenvalue weighted by Crippen LogP contribution is 2.41. The molecule has 2 aliphatic rings. The van der Waals surface area contributed by atoms with Crippen molar-refractivity contribution in [3.8, 4) is 0 Å². The maximum atomic E-state index is 12.1. The molecule has 22 heavy (non-hydrogen) atoms. The third kappa shape index (κ3) is 3.63. The van der Waals surface area contributed by atoms with Gasteiger partial charge < -0.3 is 19.1 Å². The van der Waals surface area contributed by atoms with Crippen LogP contribution in [0, 0.1) is 0 Å². The van der Waals surface area contributed by atoms with Crippen LogP contribution >= 0.6 is 0 Å². The van der Waals surface area contributed by atoms with Gasteiger partial charge in [0, 0.05) is 13.1 Å². The van der Waals surface area contributed by atoms with Crippen LogP contribution in [0.3, 0.4) is 0 Å². The first-order valence-corrected chi connectivity index (χ1v) is 7.94. The molecule has 0 saturated carbocycles. The monoisotopic (exact) mass is 311 g/mol. The zero-order valence-corrected chi connectivity index (χ0v) is 14.9. The van der Waals surface area contributed by atoms with Crippen molar-refractivity contribution >= 4 is 6.09 Å². The Morgan fingerprint density at radius 2 is 1.77 bits per heavy atom.